The second-order valence-electron chi connectivity index (χ2n) is 6.56. The lowest BCUT2D eigenvalue weighted by Gasteiger charge is -2.31. The molecule has 26 heavy (non-hydrogen) atoms. The van der Waals surface area contributed by atoms with Crippen LogP contribution in [-0.4, -0.2) is 38.7 Å². The molecule has 1 aromatic carbocycles. The number of nitrogens with one attached hydrogen (secondary N) is 1. The van der Waals surface area contributed by atoms with E-state index in [0.717, 1.165) is 25.9 Å². The van der Waals surface area contributed by atoms with Crippen molar-refractivity contribution < 1.29 is 4.79 Å². The maximum absolute atomic E-state index is 12.4. The van der Waals surface area contributed by atoms with Gasteiger partial charge in [0, 0.05) is 48.5 Å². The number of aryl methyl sites for hydroxylation is 2. The molecule has 1 fully saturated rings. The Morgan fingerprint density at radius 1 is 1.15 bits per heavy atom. The van der Waals surface area contributed by atoms with Gasteiger partial charge < -0.3 is 9.47 Å². The topological polar surface area (TPSA) is 75.2 Å². The molecule has 6 nitrogen and oxygen atoms in total. The third kappa shape index (κ3) is 4.88. The van der Waals surface area contributed by atoms with Crippen LogP contribution >= 0.6 is 11.8 Å². The lowest BCUT2D eigenvalue weighted by atomic mass is 10.1. The summed E-state index contributed by atoms with van der Waals surface area (Å²) in [6.07, 6.45) is 3.65. The summed E-state index contributed by atoms with van der Waals surface area (Å²) >= 11 is 1.88. The van der Waals surface area contributed by atoms with Gasteiger partial charge in [0.1, 0.15) is 0 Å². The molecule has 2 heterocycles. The number of aromatic amines is 1. The number of piperidine rings is 1. The second-order valence-corrected chi connectivity index (χ2v) is 7.94. The monoisotopic (exact) mass is 373 g/mol. The van der Waals surface area contributed by atoms with Gasteiger partial charge in [-0.1, -0.05) is 17.7 Å². The Morgan fingerprint density at radius 2 is 1.85 bits per heavy atom. The van der Waals surface area contributed by atoms with Crippen LogP contribution in [0.2, 0.25) is 0 Å². The van der Waals surface area contributed by atoms with Crippen LogP contribution < -0.4 is 11.2 Å². The number of benzene rings is 1. The first-order valence-electron chi connectivity index (χ1n) is 8.82. The minimum Gasteiger partial charge on any atom is -0.343 e. The first-order chi connectivity index (χ1) is 12.5. The molecule has 3 rings (SSSR count). The number of rotatable bonds is 5. The average molecular weight is 373 g/mol. The fraction of sp³-hybridized carbons (Fsp3) is 0.421. The minimum atomic E-state index is -0.474. The van der Waals surface area contributed by atoms with Crippen LogP contribution in [0.3, 0.4) is 0 Å². The second kappa shape index (κ2) is 8.40. The van der Waals surface area contributed by atoms with E-state index in [0.29, 0.717) is 5.25 Å². The van der Waals surface area contributed by atoms with Crippen molar-refractivity contribution in [3.8, 4) is 0 Å². The molecule has 2 aromatic rings. The number of carbonyl (C=O) groups excluding carboxylic acids is 1. The zero-order chi connectivity index (χ0) is 18.5. The molecular formula is C19H23N3O3S. The van der Waals surface area contributed by atoms with Crippen molar-refractivity contribution in [2.75, 3.05) is 13.1 Å². The molecule has 0 aliphatic carbocycles. The van der Waals surface area contributed by atoms with Gasteiger partial charge in [-0.3, -0.25) is 14.6 Å². The molecule has 1 saturated heterocycles. The quantitative estimate of drug-likeness (QED) is 0.870. The minimum absolute atomic E-state index is 0.0573. The molecule has 0 saturated carbocycles. The van der Waals surface area contributed by atoms with Crippen molar-refractivity contribution >= 4 is 17.7 Å². The molecule has 1 aliphatic rings. The molecular weight excluding hydrogens is 350 g/mol. The fourth-order valence-corrected chi connectivity index (χ4v) is 4.15. The highest BCUT2D eigenvalue weighted by Gasteiger charge is 2.23. The standard InChI is InChI=1S/C19H23N3O3S/c1-14-2-4-15(5-3-14)26-16-6-10-21(11-7-16)18(24)9-13-22-12-8-17(23)20-19(22)25/h2-5,8,12,16H,6-7,9-11,13H2,1H3,(H,20,23,25). The Hall–Kier alpha value is -2.28. The number of aromatic nitrogens is 2. The van der Waals surface area contributed by atoms with E-state index in [-0.39, 0.29) is 18.9 Å². The average Bonchev–Trinajstić information content (AvgIpc) is 2.63. The van der Waals surface area contributed by atoms with Gasteiger partial charge in [0.05, 0.1) is 0 Å². The molecule has 0 spiro atoms. The summed E-state index contributed by atoms with van der Waals surface area (Å²) in [5.41, 5.74) is 0.362. The Labute approximate surface area is 156 Å². The predicted octanol–water partition coefficient (Wildman–Crippen LogP) is 2.02. The third-order valence-electron chi connectivity index (χ3n) is 4.58. The SMILES string of the molecule is Cc1ccc(SC2CCN(C(=O)CCn3ccc(=O)[nH]c3=O)CC2)cc1. The van der Waals surface area contributed by atoms with E-state index in [1.165, 1.54) is 27.3 Å². The van der Waals surface area contributed by atoms with Gasteiger partial charge in [-0.2, -0.15) is 0 Å². The molecule has 0 bridgehead atoms. The number of H-pyrrole nitrogens is 1. The number of likely N-dealkylation sites (tertiary alicyclic amines) is 1. The number of hydrogen-bond donors (Lipinski definition) is 1. The Morgan fingerprint density at radius 3 is 2.50 bits per heavy atom. The van der Waals surface area contributed by atoms with Gasteiger partial charge in [-0.25, -0.2) is 4.79 Å². The number of thioether (sulfide) groups is 1. The molecule has 1 aliphatic heterocycles. The number of nitrogens with zero attached hydrogens (tertiary/aromatic N) is 2. The molecule has 1 N–H and O–H groups in total. The molecule has 1 aromatic heterocycles. The highest BCUT2D eigenvalue weighted by molar-refractivity contribution is 8.00. The van der Waals surface area contributed by atoms with Gasteiger partial charge in [0.2, 0.25) is 5.91 Å². The summed E-state index contributed by atoms with van der Waals surface area (Å²) in [4.78, 5) is 40.4. The van der Waals surface area contributed by atoms with E-state index < -0.39 is 11.2 Å². The van der Waals surface area contributed by atoms with Crippen LogP contribution in [0, 0.1) is 6.92 Å². The van der Waals surface area contributed by atoms with Crippen LogP contribution in [0.4, 0.5) is 0 Å². The molecule has 7 heteroatoms. The zero-order valence-corrected chi connectivity index (χ0v) is 15.6. The summed E-state index contributed by atoms with van der Waals surface area (Å²) in [6.45, 7) is 3.87. The van der Waals surface area contributed by atoms with Crippen LogP contribution in [0.25, 0.3) is 0 Å². The first kappa shape index (κ1) is 18.5. The molecule has 138 valence electrons. The number of amides is 1. The van der Waals surface area contributed by atoms with Crippen molar-refractivity contribution in [1.82, 2.24) is 14.5 Å². The fourth-order valence-electron chi connectivity index (χ4n) is 3.03. The summed E-state index contributed by atoms with van der Waals surface area (Å²) in [5.74, 6) is 0.0573. The van der Waals surface area contributed by atoms with E-state index in [1.807, 2.05) is 16.7 Å². The summed E-state index contributed by atoms with van der Waals surface area (Å²) in [7, 11) is 0. The van der Waals surface area contributed by atoms with Crippen molar-refractivity contribution in [2.45, 2.75) is 42.9 Å². The smallest absolute Gasteiger partial charge is 0.328 e. The Bertz CT molecular complexity index is 865. The van der Waals surface area contributed by atoms with Gasteiger partial charge in [-0.05, 0) is 31.9 Å². The molecule has 1 amide bonds. The highest BCUT2D eigenvalue weighted by Crippen LogP contribution is 2.30. The van der Waals surface area contributed by atoms with Crippen molar-refractivity contribution in [1.29, 1.82) is 0 Å². The first-order valence-corrected chi connectivity index (χ1v) is 9.70. The maximum Gasteiger partial charge on any atom is 0.328 e. The van der Waals surface area contributed by atoms with Crippen molar-refractivity contribution in [3.63, 3.8) is 0 Å². The van der Waals surface area contributed by atoms with Gasteiger partial charge in [0.15, 0.2) is 0 Å². The largest absolute Gasteiger partial charge is 0.343 e. The van der Waals surface area contributed by atoms with Crippen LogP contribution in [-0.2, 0) is 11.3 Å². The zero-order valence-electron chi connectivity index (χ0n) is 14.8. The van der Waals surface area contributed by atoms with Crippen molar-refractivity contribution in [2.24, 2.45) is 0 Å². The van der Waals surface area contributed by atoms with E-state index in [4.69, 9.17) is 0 Å². The van der Waals surface area contributed by atoms with E-state index in [1.54, 1.807) is 0 Å². The van der Waals surface area contributed by atoms with E-state index in [9.17, 15) is 14.4 Å². The van der Waals surface area contributed by atoms with Crippen LogP contribution in [0.15, 0.2) is 51.0 Å². The number of hydrogen-bond acceptors (Lipinski definition) is 4. The van der Waals surface area contributed by atoms with Crippen LogP contribution in [0.5, 0.6) is 0 Å². The lowest BCUT2D eigenvalue weighted by Crippen LogP contribution is -2.40. The highest BCUT2D eigenvalue weighted by atomic mass is 32.2. The normalized spacial score (nSPS) is 15.2. The maximum atomic E-state index is 12.4. The van der Waals surface area contributed by atoms with Gasteiger partial charge in [-0.15, -0.1) is 11.8 Å². The Kier molecular flexibility index (Phi) is 5.98. The third-order valence-corrected chi connectivity index (χ3v) is 5.93. The lowest BCUT2D eigenvalue weighted by molar-refractivity contribution is -0.132. The van der Waals surface area contributed by atoms with Gasteiger partial charge >= 0.3 is 5.69 Å². The molecule has 0 radical (unpaired) electrons. The summed E-state index contributed by atoms with van der Waals surface area (Å²) in [6, 6.07) is 9.85. The van der Waals surface area contributed by atoms with Crippen LogP contribution in [0.1, 0.15) is 24.8 Å². The Balaban J connectivity index is 1.46. The summed E-state index contributed by atoms with van der Waals surface area (Å²) in [5, 5.41) is 0.531. The van der Waals surface area contributed by atoms with Gasteiger partial charge in [0.25, 0.3) is 5.56 Å². The van der Waals surface area contributed by atoms with E-state index >= 15 is 0 Å². The van der Waals surface area contributed by atoms with E-state index in [2.05, 4.69) is 36.2 Å². The predicted molar refractivity (Wildman–Crippen MR) is 103 cm³/mol. The van der Waals surface area contributed by atoms with Crippen molar-refractivity contribution in [3.05, 3.63) is 62.9 Å². The molecule has 0 atom stereocenters. The number of carbonyl (C=O) groups is 1. The summed E-state index contributed by atoms with van der Waals surface area (Å²) < 4.78 is 1.36. The molecule has 0 unspecified atom stereocenters.